The molecule has 0 spiro atoms. The minimum atomic E-state index is -5.09. The molecule has 118 valence electrons. The number of ether oxygens (including phenoxy) is 1. The number of carbonyl (C=O) groups is 2. The molecule has 0 amide bonds. The van der Waals surface area contributed by atoms with Gasteiger partial charge in [-0.15, -0.1) is 0 Å². The third-order valence-electron chi connectivity index (χ3n) is 2.74. The summed E-state index contributed by atoms with van der Waals surface area (Å²) in [7, 11) is -5.09. The largest absolute Gasteiger partial charge is 1.00 e. The molecule has 10 heteroatoms. The Morgan fingerprint density at radius 3 is 2.00 bits per heavy atom. The average molecular weight is 354 g/mol. The number of carboxylic acid groups (broad SMARTS) is 1. The topological polar surface area (TPSA) is 124 Å². The molecule has 0 rings (SSSR count). The van der Waals surface area contributed by atoms with Gasteiger partial charge in [-0.1, -0.05) is 33.1 Å². The van der Waals surface area contributed by atoms with E-state index in [2.05, 4.69) is 0 Å². The van der Waals surface area contributed by atoms with Gasteiger partial charge in [0.2, 0.25) is 0 Å². The number of rotatable bonds is 10. The van der Waals surface area contributed by atoms with E-state index in [4.69, 9.17) is 4.74 Å². The van der Waals surface area contributed by atoms with Crippen LogP contribution in [0, 0.1) is 0 Å². The molecule has 22 heavy (non-hydrogen) atoms. The van der Waals surface area contributed by atoms with E-state index in [0.29, 0.717) is 12.8 Å². The first-order chi connectivity index (χ1) is 9.22. The van der Waals surface area contributed by atoms with E-state index < -0.39 is 39.8 Å². The normalized spacial score (nSPS) is 13.2. The fraction of sp³-hybridized carbons (Fsp3) is 0.833. The number of carbonyl (C=O) groups excluding carboxylic acids is 2. The first kappa shape index (κ1) is 27.7. The smallest absolute Gasteiger partial charge is 0.747 e. The summed E-state index contributed by atoms with van der Waals surface area (Å²) in [5.74, 6) is -3.09. The SMILES string of the molecule is CCCCC(CCC)OC(=O)C(CC(=O)[O-])S(=O)(=O)[O-].[Na+].[Na+]. The second-order valence-electron chi connectivity index (χ2n) is 4.55. The van der Waals surface area contributed by atoms with Gasteiger partial charge < -0.3 is 19.2 Å². The zero-order chi connectivity index (χ0) is 15.8. The molecule has 0 radical (unpaired) electrons. The van der Waals surface area contributed by atoms with Crippen LogP contribution in [0.5, 0.6) is 0 Å². The minimum Gasteiger partial charge on any atom is -0.747 e. The maximum absolute atomic E-state index is 11.7. The Bertz CT molecular complexity index is 425. The van der Waals surface area contributed by atoms with Gasteiger partial charge in [0.15, 0.2) is 5.25 Å². The number of aliphatic carboxylic acids is 1. The molecule has 0 aliphatic heterocycles. The van der Waals surface area contributed by atoms with Gasteiger partial charge in [0.05, 0.1) is 0 Å². The molecule has 0 N–H and O–H groups in total. The quantitative estimate of drug-likeness (QED) is 0.217. The summed E-state index contributed by atoms with van der Waals surface area (Å²) in [6.45, 7) is 3.82. The summed E-state index contributed by atoms with van der Waals surface area (Å²) in [5.41, 5.74) is 0. The van der Waals surface area contributed by atoms with E-state index in [0.717, 1.165) is 19.3 Å². The molecule has 7 nitrogen and oxygen atoms in total. The van der Waals surface area contributed by atoms with Gasteiger partial charge in [0.25, 0.3) is 0 Å². The summed E-state index contributed by atoms with van der Waals surface area (Å²) < 4.78 is 37.7. The Kier molecular flexibility index (Phi) is 17.9. The van der Waals surface area contributed by atoms with Crippen molar-refractivity contribution in [2.24, 2.45) is 0 Å². The van der Waals surface area contributed by atoms with Gasteiger partial charge >= 0.3 is 65.1 Å². The molecule has 0 fully saturated rings. The predicted molar refractivity (Wildman–Crippen MR) is 67.4 cm³/mol. The molecular weight excluding hydrogens is 334 g/mol. The first-order valence-electron chi connectivity index (χ1n) is 6.57. The number of esters is 1. The molecule has 0 bridgehead atoms. The number of carboxylic acids is 1. The van der Waals surface area contributed by atoms with Crippen molar-refractivity contribution in [2.45, 2.75) is 63.7 Å². The van der Waals surface area contributed by atoms with Crippen molar-refractivity contribution >= 4 is 22.1 Å². The minimum absolute atomic E-state index is 0. The zero-order valence-corrected chi connectivity index (χ0v) is 18.5. The van der Waals surface area contributed by atoms with Crippen molar-refractivity contribution in [2.75, 3.05) is 0 Å². The predicted octanol–water partition coefficient (Wildman–Crippen LogP) is -6.05. The van der Waals surface area contributed by atoms with Crippen LogP contribution in [0.15, 0.2) is 0 Å². The van der Waals surface area contributed by atoms with E-state index in [1.165, 1.54) is 0 Å². The monoisotopic (exact) mass is 354 g/mol. The molecule has 2 atom stereocenters. The molecule has 2 unspecified atom stereocenters. The van der Waals surface area contributed by atoms with Crippen LogP contribution < -0.4 is 64.2 Å². The first-order valence-corrected chi connectivity index (χ1v) is 8.04. The number of hydrogen-bond donors (Lipinski definition) is 0. The van der Waals surface area contributed by atoms with Crippen LogP contribution in [0.4, 0.5) is 0 Å². The van der Waals surface area contributed by atoms with Crippen molar-refractivity contribution in [3.63, 3.8) is 0 Å². The van der Waals surface area contributed by atoms with E-state index in [1.807, 2.05) is 13.8 Å². The maximum atomic E-state index is 11.7. The van der Waals surface area contributed by atoms with Gasteiger partial charge in [-0.05, 0) is 12.8 Å². The van der Waals surface area contributed by atoms with Crippen molar-refractivity contribution < 1.29 is 91.5 Å². The van der Waals surface area contributed by atoms with Crippen LogP contribution in [0.2, 0.25) is 0 Å². The fourth-order valence-corrected chi connectivity index (χ4v) is 2.34. The molecular formula is C12H20Na2O7S. The van der Waals surface area contributed by atoms with E-state index in [9.17, 15) is 27.7 Å². The van der Waals surface area contributed by atoms with Gasteiger partial charge in [0, 0.05) is 12.4 Å². The van der Waals surface area contributed by atoms with Crippen LogP contribution in [0.25, 0.3) is 0 Å². The second-order valence-corrected chi connectivity index (χ2v) is 6.10. The Morgan fingerprint density at radius 2 is 1.64 bits per heavy atom. The Hall–Kier alpha value is 0.850. The van der Waals surface area contributed by atoms with Crippen LogP contribution in [0.1, 0.15) is 52.4 Å². The van der Waals surface area contributed by atoms with Gasteiger partial charge in [0.1, 0.15) is 16.2 Å². The van der Waals surface area contributed by atoms with Gasteiger partial charge in [-0.3, -0.25) is 4.79 Å². The molecule has 0 saturated carbocycles. The van der Waals surface area contributed by atoms with Crippen LogP contribution in [-0.2, 0) is 24.4 Å². The zero-order valence-electron chi connectivity index (χ0n) is 13.7. The summed E-state index contributed by atoms with van der Waals surface area (Å²) in [6.07, 6.45) is 1.77. The van der Waals surface area contributed by atoms with Gasteiger partial charge in [-0.2, -0.15) is 0 Å². The Morgan fingerprint density at radius 1 is 1.09 bits per heavy atom. The Labute approximate surface area is 175 Å². The fourth-order valence-electron chi connectivity index (χ4n) is 1.71. The molecule has 0 aliphatic rings. The van der Waals surface area contributed by atoms with E-state index >= 15 is 0 Å². The van der Waals surface area contributed by atoms with Crippen LogP contribution >= 0.6 is 0 Å². The molecule has 0 saturated heterocycles. The summed E-state index contributed by atoms with van der Waals surface area (Å²) in [4.78, 5) is 22.1. The van der Waals surface area contributed by atoms with E-state index in [1.54, 1.807) is 0 Å². The third-order valence-corrected chi connectivity index (χ3v) is 3.79. The summed E-state index contributed by atoms with van der Waals surface area (Å²) in [5, 5.41) is 8.18. The number of unbranched alkanes of at least 4 members (excludes halogenated alkanes) is 1. The van der Waals surface area contributed by atoms with Crippen LogP contribution in [-0.4, -0.2) is 36.3 Å². The maximum Gasteiger partial charge on any atom is 1.00 e. The molecule has 0 aromatic heterocycles. The van der Waals surface area contributed by atoms with Crippen LogP contribution in [0.3, 0.4) is 0 Å². The Balaban J connectivity index is -0.00000180. The van der Waals surface area contributed by atoms with Crippen molar-refractivity contribution in [3.05, 3.63) is 0 Å². The van der Waals surface area contributed by atoms with Gasteiger partial charge in [-0.25, -0.2) is 8.42 Å². The number of hydrogen-bond acceptors (Lipinski definition) is 7. The summed E-state index contributed by atoms with van der Waals surface area (Å²) >= 11 is 0. The third kappa shape index (κ3) is 12.3. The molecule has 0 aromatic rings. The molecule has 0 aliphatic carbocycles. The average Bonchev–Trinajstić information content (AvgIpc) is 2.31. The molecule has 0 aromatic carbocycles. The van der Waals surface area contributed by atoms with Crippen molar-refractivity contribution in [1.29, 1.82) is 0 Å². The molecule has 0 heterocycles. The van der Waals surface area contributed by atoms with E-state index in [-0.39, 0.29) is 59.1 Å². The van der Waals surface area contributed by atoms with Crippen molar-refractivity contribution in [3.8, 4) is 0 Å². The second kappa shape index (κ2) is 14.2. The summed E-state index contributed by atoms with van der Waals surface area (Å²) in [6, 6.07) is 0. The standard InChI is InChI=1S/C12H22O7S.2Na/c1-3-5-7-9(6-4-2)19-12(15)10(8-11(13)14)20(16,17)18;;/h9-10H,3-8H2,1-2H3,(H,13,14)(H,16,17,18);;/q;2*+1/p-2. The van der Waals surface area contributed by atoms with Crippen molar-refractivity contribution in [1.82, 2.24) is 0 Å².